The predicted molar refractivity (Wildman–Crippen MR) is 115 cm³/mol. The van der Waals surface area contributed by atoms with Crippen LogP contribution in [0.1, 0.15) is 35.6 Å². The maximum atomic E-state index is 6.53. The monoisotopic (exact) mass is 371 g/mol. The van der Waals surface area contributed by atoms with E-state index in [1.54, 1.807) is 0 Å². The SMILES string of the molecule is c1ccc(CN2CCCC(COC(c3ccccc3)c3ccccc3)C2)cc1. The van der Waals surface area contributed by atoms with Gasteiger partial charge in [-0.1, -0.05) is 91.0 Å². The van der Waals surface area contributed by atoms with Crippen LogP contribution in [0.15, 0.2) is 91.0 Å². The predicted octanol–water partition coefficient (Wildman–Crippen LogP) is 5.70. The molecule has 2 heteroatoms. The van der Waals surface area contributed by atoms with Gasteiger partial charge in [-0.3, -0.25) is 4.90 Å². The fourth-order valence-electron chi connectivity index (χ4n) is 4.15. The maximum absolute atomic E-state index is 6.53. The molecule has 1 atom stereocenters. The van der Waals surface area contributed by atoms with Crippen molar-refractivity contribution in [3.05, 3.63) is 108 Å². The summed E-state index contributed by atoms with van der Waals surface area (Å²) in [4.78, 5) is 2.58. The third-order valence-corrected chi connectivity index (χ3v) is 5.56. The fraction of sp³-hybridized carbons (Fsp3) is 0.308. The zero-order valence-electron chi connectivity index (χ0n) is 16.4. The molecule has 1 unspecified atom stereocenters. The standard InChI is InChI=1S/C26H29NO/c1-4-11-22(12-5-1)19-27-18-10-13-23(20-27)21-28-26(24-14-6-2-7-15-24)25-16-8-3-9-17-25/h1-9,11-12,14-17,23,26H,10,13,18-21H2. The zero-order valence-corrected chi connectivity index (χ0v) is 16.4. The molecule has 0 aromatic heterocycles. The number of piperidine rings is 1. The quantitative estimate of drug-likeness (QED) is 0.528. The minimum Gasteiger partial charge on any atom is -0.368 e. The van der Waals surface area contributed by atoms with E-state index in [0.29, 0.717) is 5.92 Å². The maximum Gasteiger partial charge on any atom is 0.108 e. The molecule has 0 aliphatic carbocycles. The highest BCUT2D eigenvalue weighted by atomic mass is 16.5. The first kappa shape index (κ1) is 18.9. The summed E-state index contributed by atoms with van der Waals surface area (Å²) < 4.78 is 6.53. The third-order valence-electron chi connectivity index (χ3n) is 5.56. The molecule has 1 fully saturated rings. The molecule has 0 bridgehead atoms. The Kier molecular flexibility index (Phi) is 6.54. The van der Waals surface area contributed by atoms with Crippen molar-refractivity contribution in [2.24, 2.45) is 5.92 Å². The molecule has 28 heavy (non-hydrogen) atoms. The second kappa shape index (κ2) is 9.68. The normalized spacial score (nSPS) is 17.7. The Labute approximate surface area is 168 Å². The van der Waals surface area contributed by atoms with Gasteiger partial charge < -0.3 is 4.74 Å². The first-order valence-corrected chi connectivity index (χ1v) is 10.4. The molecule has 0 N–H and O–H groups in total. The van der Waals surface area contributed by atoms with E-state index in [1.807, 2.05) is 0 Å². The van der Waals surface area contributed by atoms with Gasteiger partial charge in [-0.05, 0) is 42.0 Å². The van der Waals surface area contributed by atoms with Gasteiger partial charge in [0.1, 0.15) is 6.10 Å². The summed E-state index contributed by atoms with van der Waals surface area (Å²) in [6.07, 6.45) is 2.51. The Morgan fingerprint density at radius 3 is 1.96 bits per heavy atom. The van der Waals surface area contributed by atoms with Crippen molar-refractivity contribution in [2.45, 2.75) is 25.5 Å². The third kappa shape index (κ3) is 5.09. The number of likely N-dealkylation sites (tertiary alicyclic amines) is 1. The van der Waals surface area contributed by atoms with Crippen molar-refractivity contribution in [1.29, 1.82) is 0 Å². The summed E-state index contributed by atoms with van der Waals surface area (Å²) in [6, 6.07) is 32.0. The second-order valence-corrected chi connectivity index (χ2v) is 7.76. The Bertz CT molecular complexity index is 779. The van der Waals surface area contributed by atoms with Gasteiger partial charge in [0.25, 0.3) is 0 Å². The van der Waals surface area contributed by atoms with E-state index in [9.17, 15) is 0 Å². The molecule has 1 aliphatic heterocycles. The van der Waals surface area contributed by atoms with Crippen molar-refractivity contribution in [1.82, 2.24) is 4.90 Å². The van der Waals surface area contributed by atoms with Gasteiger partial charge in [0.2, 0.25) is 0 Å². The van der Waals surface area contributed by atoms with E-state index in [1.165, 1.54) is 36.1 Å². The molecule has 0 amide bonds. The van der Waals surface area contributed by atoms with Crippen LogP contribution in [-0.4, -0.2) is 24.6 Å². The highest BCUT2D eigenvalue weighted by Crippen LogP contribution is 2.28. The molecule has 144 valence electrons. The van der Waals surface area contributed by atoms with Crippen LogP contribution in [0.25, 0.3) is 0 Å². The summed E-state index contributed by atoms with van der Waals surface area (Å²) in [5.41, 5.74) is 3.85. The number of ether oxygens (including phenoxy) is 1. The van der Waals surface area contributed by atoms with E-state index < -0.39 is 0 Å². The van der Waals surface area contributed by atoms with Crippen LogP contribution in [0.3, 0.4) is 0 Å². The molecule has 3 aromatic rings. The lowest BCUT2D eigenvalue weighted by Crippen LogP contribution is -2.37. The van der Waals surface area contributed by atoms with Gasteiger partial charge in [-0.25, -0.2) is 0 Å². The van der Waals surface area contributed by atoms with Gasteiger partial charge in [0.05, 0.1) is 6.61 Å². The first-order chi connectivity index (χ1) is 13.9. The van der Waals surface area contributed by atoms with Crippen LogP contribution in [0.5, 0.6) is 0 Å². The lowest BCUT2D eigenvalue weighted by atomic mass is 9.97. The first-order valence-electron chi connectivity index (χ1n) is 10.4. The molecule has 0 spiro atoms. The molecule has 1 aliphatic rings. The zero-order chi connectivity index (χ0) is 19.0. The highest BCUT2D eigenvalue weighted by molar-refractivity contribution is 5.29. The van der Waals surface area contributed by atoms with Crippen molar-refractivity contribution < 1.29 is 4.74 Å². The van der Waals surface area contributed by atoms with Gasteiger partial charge >= 0.3 is 0 Å². The minimum absolute atomic E-state index is 0.00639. The van der Waals surface area contributed by atoms with Gasteiger partial charge in [-0.15, -0.1) is 0 Å². The van der Waals surface area contributed by atoms with Gasteiger partial charge in [0, 0.05) is 13.1 Å². The average molecular weight is 372 g/mol. The number of benzene rings is 3. The molecule has 0 radical (unpaired) electrons. The molecule has 1 heterocycles. The van der Waals surface area contributed by atoms with Crippen LogP contribution in [0.4, 0.5) is 0 Å². The molecule has 3 aromatic carbocycles. The summed E-state index contributed by atoms with van der Waals surface area (Å²) in [5.74, 6) is 0.590. The largest absolute Gasteiger partial charge is 0.368 e. The van der Waals surface area contributed by atoms with E-state index >= 15 is 0 Å². The lowest BCUT2D eigenvalue weighted by molar-refractivity contribution is 0.0250. The van der Waals surface area contributed by atoms with Gasteiger partial charge in [0.15, 0.2) is 0 Å². The Morgan fingerprint density at radius 2 is 1.36 bits per heavy atom. The molecular weight excluding hydrogens is 342 g/mol. The molecule has 4 rings (SSSR count). The number of rotatable bonds is 7. The number of hydrogen-bond donors (Lipinski definition) is 0. The molecular formula is C26H29NO. The van der Waals surface area contributed by atoms with Gasteiger partial charge in [-0.2, -0.15) is 0 Å². The van der Waals surface area contributed by atoms with Crippen molar-refractivity contribution >= 4 is 0 Å². The van der Waals surface area contributed by atoms with Crippen LogP contribution >= 0.6 is 0 Å². The highest BCUT2D eigenvalue weighted by Gasteiger charge is 2.22. The van der Waals surface area contributed by atoms with Crippen LogP contribution < -0.4 is 0 Å². The molecule has 1 saturated heterocycles. The average Bonchev–Trinajstić information content (AvgIpc) is 2.76. The Balaban J connectivity index is 1.39. The molecule has 0 saturated carbocycles. The number of nitrogens with zero attached hydrogens (tertiary/aromatic N) is 1. The fourth-order valence-corrected chi connectivity index (χ4v) is 4.15. The van der Waals surface area contributed by atoms with E-state index in [0.717, 1.165) is 19.7 Å². The lowest BCUT2D eigenvalue weighted by Gasteiger charge is -2.33. The molecule has 2 nitrogen and oxygen atoms in total. The van der Waals surface area contributed by atoms with Crippen LogP contribution in [0, 0.1) is 5.92 Å². The Morgan fingerprint density at radius 1 is 0.786 bits per heavy atom. The summed E-state index contributed by atoms with van der Waals surface area (Å²) in [6.45, 7) is 4.15. The smallest absolute Gasteiger partial charge is 0.108 e. The van der Waals surface area contributed by atoms with Crippen molar-refractivity contribution in [3.8, 4) is 0 Å². The van der Waals surface area contributed by atoms with Crippen molar-refractivity contribution in [2.75, 3.05) is 19.7 Å². The minimum atomic E-state index is 0.00639. The van der Waals surface area contributed by atoms with Crippen LogP contribution in [0.2, 0.25) is 0 Å². The van der Waals surface area contributed by atoms with Crippen LogP contribution in [-0.2, 0) is 11.3 Å². The summed E-state index contributed by atoms with van der Waals surface area (Å²) in [7, 11) is 0. The summed E-state index contributed by atoms with van der Waals surface area (Å²) in [5, 5.41) is 0. The summed E-state index contributed by atoms with van der Waals surface area (Å²) >= 11 is 0. The Hall–Kier alpha value is -2.42. The van der Waals surface area contributed by atoms with Crippen molar-refractivity contribution in [3.63, 3.8) is 0 Å². The topological polar surface area (TPSA) is 12.5 Å². The number of hydrogen-bond acceptors (Lipinski definition) is 2. The second-order valence-electron chi connectivity index (χ2n) is 7.76. The van der Waals surface area contributed by atoms with E-state index in [-0.39, 0.29) is 6.10 Å². The van der Waals surface area contributed by atoms with E-state index in [2.05, 4.69) is 95.9 Å². The van der Waals surface area contributed by atoms with E-state index in [4.69, 9.17) is 4.74 Å².